The third-order valence-electron chi connectivity index (χ3n) is 2.77. The summed E-state index contributed by atoms with van der Waals surface area (Å²) < 4.78 is 29.0. The molecule has 21 heavy (non-hydrogen) atoms. The van der Waals surface area contributed by atoms with Crippen LogP contribution in [0.15, 0.2) is 41.6 Å². The van der Waals surface area contributed by atoms with E-state index in [9.17, 15) is 13.6 Å². The van der Waals surface area contributed by atoms with Crippen LogP contribution in [0.2, 0.25) is 0 Å². The minimum atomic E-state index is -3.23. The van der Waals surface area contributed by atoms with Crippen molar-refractivity contribution in [2.75, 3.05) is 18.5 Å². The summed E-state index contributed by atoms with van der Waals surface area (Å²) in [5.74, 6) is -3.42. The minimum absolute atomic E-state index is 0.0761. The normalized spacial score (nSPS) is 11.4. The highest BCUT2D eigenvalue weighted by Gasteiger charge is 2.33. The van der Waals surface area contributed by atoms with Gasteiger partial charge >= 0.3 is 5.92 Å². The number of halogens is 2. The van der Waals surface area contributed by atoms with Gasteiger partial charge in [-0.2, -0.15) is 8.78 Å². The molecular formula is C13H14F2N4O2. The van der Waals surface area contributed by atoms with E-state index in [2.05, 4.69) is 15.3 Å². The van der Waals surface area contributed by atoms with Crippen molar-refractivity contribution in [2.45, 2.75) is 12.5 Å². The zero-order chi connectivity index (χ0) is 15.3. The van der Waals surface area contributed by atoms with Crippen LogP contribution in [0.1, 0.15) is 5.69 Å². The van der Waals surface area contributed by atoms with Crippen molar-refractivity contribution in [3.05, 3.63) is 52.8 Å². The van der Waals surface area contributed by atoms with Gasteiger partial charge in [0.1, 0.15) is 5.69 Å². The fraction of sp³-hybridized carbons (Fsp3) is 0.308. The molecule has 6 nitrogen and oxygen atoms in total. The van der Waals surface area contributed by atoms with Crippen molar-refractivity contribution in [3.8, 4) is 0 Å². The van der Waals surface area contributed by atoms with Gasteiger partial charge in [0.25, 0.3) is 5.56 Å². The summed E-state index contributed by atoms with van der Waals surface area (Å²) in [5, 5.41) is 11.1. The summed E-state index contributed by atoms with van der Waals surface area (Å²) in [7, 11) is 0. The molecule has 0 aliphatic heterocycles. The average molecular weight is 296 g/mol. The quantitative estimate of drug-likeness (QED) is 0.825. The molecule has 0 bridgehead atoms. The number of nitrogens with one attached hydrogen (secondary N) is 1. The van der Waals surface area contributed by atoms with Gasteiger partial charge < -0.3 is 15.0 Å². The van der Waals surface area contributed by atoms with Crippen molar-refractivity contribution < 1.29 is 13.9 Å². The van der Waals surface area contributed by atoms with Gasteiger partial charge in [0.2, 0.25) is 0 Å². The van der Waals surface area contributed by atoms with E-state index in [1.165, 1.54) is 35.3 Å². The Bertz CT molecular complexity index is 646. The van der Waals surface area contributed by atoms with E-state index < -0.39 is 18.0 Å². The number of nitrogens with zero attached hydrogens (tertiary/aromatic N) is 3. The maximum absolute atomic E-state index is 13.9. The largest absolute Gasteiger partial charge is 0.395 e. The molecule has 2 rings (SSSR count). The number of aliphatic hydroxyl groups excluding tert-OH is 1. The van der Waals surface area contributed by atoms with Crippen molar-refractivity contribution in [3.63, 3.8) is 0 Å². The van der Waals surface area contributed by atoms with E-state index in [1.807, 2.05) is 0 Å². The molecule has 2 aromatic rings. The van der Waals surface area contributed by atoms with Crippen LogP contribution in [0.5, 0.6) is 0 Å². The second-order valence-corrected chi connectivity index (χ2v) is 4.27. The molecule has 0 saturated heterocycles. The zero-order valence-corrected chi connectivity index (χ0v) is 11.0. The summed E-state index contributed by atoms with van der Waals surface area (Å²) in [6.07, 6.45) is 3.96. The Morgan fingerprint density at radius 3 is 2.76 bits per heavy atom. The number of anilines is 1. The van der Waals surface area contributed by atoms with Gasteiger partial charge in [-0.1, -0.05) is 6.07 Å². The average Bonchev–Trinajstić information content (AvgIpc) is 2.49. The topological polar surface area (TPSA) is 80.0 Å². The first-order chi connectivity index (χ1) is 10.0. The smallest absolute Gasteiger partial charge is 0.306 e. The molecule has 0 amide bonds. The van der Waals surface area contributed by atoms with Crippen LogP contribution in [-0.2, 0) is 12.5 Å². The molecule has 0 unspecified atom stereocenters. The summed E-state index contributed by atoms with van der Waals surface area (Å²) in [6, 6.07) is 4.22. The van der Waals surface area contributed by atoms with Crippen LogP contribution in [0.4, 0.5) is 14.6 Å². The highest BCUT2D eigenvalue weighted by Crippen LogP contribution is 2.25. The van der Waals surface area contributed by atoms with Crippen LogP contribution in [-0.4, -0.2) is 32.8 Å². The first-order valence-electron chi connectivity index (χ1n) is 6.24. The Labute approximate surface area is 119 Å². The molecule has 0 aliphatic carbocycles. The van der Waals surface area contributed by atoms with E-state index in [0.717, 1.165) is 0 Å². The lowest BCUT2D eigenvalue weighted by molar-refractivity contribution is 0.00588. The summed E-state index contributed by atoms with van der Waals surface area (Å²) in [4.78, 5) is 19.2. The van der Waals surface area contributed by atoms with Gasteiger partial charge in [0.15, 0.2) is 5.82 Å². The van der Waals surface area contributed by atoms with E-state index in [-0.39, 0.29) is 24.7 Å². The van der Waals surface area contributed by atoms with E-state index in [4.69, 9.17) is 5.11 Å². The Kier molecular flexibility index (Phi) is 4.59. The summed E-state index contributed by atoms with van der Waals surface area (Å²) in [5.41, 5.74) is -0.951. The molecule has 2 N–H and O–H groups in total. The van der Waals surface area contributed by atoms with Crippen molar-refractivity contribution in [1.29, 1.82) is 0 Å². The SMILES string of the molecule is O=c1c(NCC(F)(F)c2ccccn2)nccn1CCO. The molecule has 0 aromatic carbocycles. The molecule has 0 radical (unpaired) electrons. The lowest BCUT2D eigenvalue weighted by Crippen LogP contribution is -2.31. The first-order valence-corrected chi connectivity index (χ1v) is 6.24. The highest BCUT2D eigenvalue weighted by molar-refractivity contribution is 5.32. The number of aliphatic hydroxyl groups is 1. The van der Waals surface area contributed by atoms with E-state index in [0.29, 0.717) is 0 Å². The maximum atomic E-state index is 13.9. The molecule has 0 aliphatic rings. The van der Waals surface area contributed by atoms with Crippen LogP contribution >= 0.6 is 0 Å². The van der Waals surface area contributed by atoms with Crippen LogP contribution in [0, 0.1) is 0 Å². The van der Waals surface area contributed by atoms with Gasteiger partial charge in [-0.05, 0) is 12.1 Å². The molecule has 2 heterocycles. The third kappa shape index (κ3) is 3.60. The predicted octanol–water partition coefficient (Wildman–Crippen LogP) is 0.834. The van der Waals surface area contributed by atoms with E-state index >= 15 is 0 Å². The molecule has 0 spiro atoms. The van der Waals surface area contributed by atoms with Crippen LogP contribution in [0.25, 0.3) is 0 Å². The van der Waals surface area contributed by atoms with Gasteiger partial charge in [0.05, 0.1) is 13.2 Å². The van der Waals surface area contributed by atoms with Gasteiger partial charge in [0, 0.05) is 25.1 Å². The monoisotopic (exact) mass is 296 g/mol. The fourth-order valence-electron chi connectivity index (χ4n) is 1.72. The predicted molar refractivity (Wildman–Crippen MR) is 72.2 cm³/mol. The van der Waals surface area contributed by atoms with Crippen LogP contribution < -0.4 is 10.9 Å². The van der Waals surface area contributed by atoms with Crippen molar-refractivity contribution in [1.82, 2.24) is 14.5 Å². The second kappa shape index (κ2) is 6.40. The lowest BCUT2D eigenvalue weighted by atomic mass is 10.2. The van der Waals surface area contributed by atoms with Crippen LogP contribution in [0.3, 0.4) is 0 Å². The molecule has 112 valence electrons. The van der Waals surface area contributed by atoms with Crippen molar-refractivity contribution in [2.24, 2.45) is 0 Å². The highest BCUT2D eigenvalue weighted by atomic mass is 19.3. The number of hydrogen-bond acceptors (Lipinski definition) is 5. The first kappa shape index (κ1) is 15.0. The van der Waals surface area contributed by atoms with Gasteiger partial charge in [-0.25, -0.2) is 4.98 Å². The minimum Gasteiger partial charge on any atom is -0.395 e. The standard InChI is InChI=1S/C13H14F2N4O2/c14-13(15,10-3-1-2-4-16-10)9-18-11-12(21)19(7-8-20)6-5-17-11/h1-6,20H,7-9H2,(H,17,18). The number of pyridine rings is 1. The fourth-order valence-corrected chi connectivity index (χ4v) is 1.72. The number of aromatic nitrogens is 3. The van der Waals surface area contributed by atoms with Gasteiger partial charge in [-0.3, -0.25) is 9.78 Å². The molecule has 0 saturated carbocycles. The number of rotatable bonds is 6. The maximum Gasteiger partial charge on any atom is 0.306 e. The number of hydrogen-bond donors (Lipinski definition) is 2. The summed E-state index contributed by atoms with van der Waals surface area (Å²) >= 11 is 0. The Hall–Kier alpha value is -2.35. The third-order valence-corrected chi connectivity index (χ3v) is 2.77. The molecule has 0 atom stereocenters. The lowest BCUT2D eigenvalue weighted by Gasteiger charge is -2.16. The zero-order valence-electron chi connectivity index (χ0n) is 11.0. The van der Waals surface area contributed by atoms with Crippen molar-refractivity contribution >= 4 is 5.82 Å². The molecule has 8 heteroatoms. The molecule has 0 fully saturated rings. The molecular weight excluding hydrogens is 282 g/mol. The van der Waals surface area contributed by atoms with E-state index in [1.54, 1.807) is 6.07 Å². The second-order valence-electron chi connectivity index (χ2n) is 4.27. The Balaban J connectivity index is 2.13. The summed E-state index contributed by atoms with van der Waals surface area (Å²) in [6.45, 7) is -0.949. The molecule has 2 aromatic heterocycles. The number of alkyl halides is 2. The Morgan fingerprint density at radius 2 is 2.10 bits per heavy atom. The Morgan fingerprint density at radius 1 is 1.29 bits per heavy atom. The van der Waals surface area contributed by atoms with Gasteiger partial charge in [-0.15, -0.1) is 0 Å².